The van der Waals surface area contributed by atoms with Gasteiger partial charge in [-0.1, -0.05) is 75.1 Å². The highest BCUT2D eigenvalue weighted by atomic mass is 16.5. The van der Waals surface area contributed by atoms with Crippen molar-refractivity contribution in [1.29, 1.82) is 0 Å². The maximum Gasteiger partial charge on any atom is 0.134 e. The highest BCUT2D eigenvalue weighted by molar-refractivity contribution is 6.05. The van der Waals surface area contributed by atoms with Gasteiger partial charge >= 0.3 is 0 Å². The van der Waals surface area contributed by atoms with Crippen molar-refractivity contribution in [3.63, 3.8) is 0 Å². The van der Waals surface area contributed by atoms with E-state index < -0.39 is 0 Å². The Bertz CT molecular complexity index is 819. The first-order chi connectivity index (χ1) is 11.7. The summed E-state index contributed by atoms with van der Waals surface area (Å²) in [6.07, 6.45) is 4.99. The third kappa shape index (κ3) is 3.56. The van der Waals surface area contributed by atoms with Crippen LogP contribution in [0.15, 0.2) is 48.5 Å². The van der Waals surface area contributed by atoms with E-state index in [2.05, 4.69) is 69.3 Å². The zero-order valence-corrected chi connectivity index (χ0v) is 15.1. The maximum atomic E-state index is 6.44. The number of hydrogen-bond donors (Lipinski definition) is 0. The van der Waals surface area contributed by atoms with Crippen LogP contribution >= 0.6 is 0 Å². The predicted molar refractivity (Wildman–Crippen MR) is 105 cm³/mol. The van der Waals surface area contributed by atoms with E-state index in [4.69, 9.17) is 4.74 Å². The fourth-order valence-corrected chi connectivity index (χ4v) is 3.39. The van der Waals surface area contributed by atoms with Gasteiger partial charge in [0.1, 0.15) is 5.75 Å². The molecule has 0 spiro atoms. The number of benzene rings is 3. The summed E-state index contributed by atoms with van der Waals surface area (Å²) >= 11 is 0. The summed E-state index contributed by atoms with van der Waals surface area (Å²) in [5, 5.41) is 4.97. The van der Waals surface area contributed by atoms with Gasteiger partial charge in [0.05, 0.1) is 6.61 Å². The summed E-state index contributed by atoms with van der Waals surface area (Å²) in [6, 6.07) is 17.5. The second-order valence-electron chi connectivity index (χ2n) is 6.88. The Labute approximate surface area is 145 Å². The van der Waals surface area contributed by atoms with E-state index >= 15 is 0 Å². The topological polar surface area (TPSA) is 9.23 Å². The van der Waals surface area contributed by atoms with Crippen molar-refractivity contribution in [1.82, 2.24) is 0 Å². The molecule has 24 heavy (non-hydrogen) atoms. The molecule has 1 unspecified atom stereocenters. The number of ether oxygens (including phenoxy) is 1. The molecule has 3 aromatic carbocycles. The van der Waals surface area contributed by atoms with Crippen LogP contribution in [0, 0.1) is 12.8 Å². The lowest BCUT2D eigenvalue weighted by molar-refractivity contribution is 0.238. The Morgan fingerprint density at radius 2 is 1.71 bits per heavy atom. The first-order valence-electron chi connectivity index (χ1n) is 9.27. The predicted octanol–water partition coefficient (Wildman–Crippen LogP) is 6.90. The average Bonchev–Trinajstić information content (AvgIpc) is 2.61. The van der Waals surface area contributed by atoms with E-state index in [0.717, 1.165) is 12.4 Å². The van der Waals surface area contributed by atoms with Crippen molar-refractivity contribution >= 4 is 21.5 Å². The van der Waals surface area contributed by atoms with Crippen molar-refractivity contribution in [3.05, 3.63) is 54.1 Å². The number of aryl methyl sites for hydroxylation is 1. The third-order valence-electron chi connectivity index (χ3n) is 4.98. The van der Waals surface area contributed by atoms with E-state index in [-0.39, 0.29) is 0 Å². The normalized spacial score (nSPS) is 12.6. The second-order valence-corrected chi connectivity index (χ2v) is 6.88. The monoisotopic (exact) mass is 320 g/mol. The lowest BCUT2D eigenvalue weighted by Gasteiger charge is -2.18. The standard InChI is InChI=1S/C23H28O/c1-4-6-9-18(5-2)16-24-23-21-11-8-7-10-19(21)15-20-13-12-17(3)14-22(20)23/h7-8,10-15,18H,4-6,9,16H2,1-3H3. The zero-order chi connectivity index (χ0) is 16.9. The molecule has 3 aromatic rings. The van der Waals surface area contributed by atoms with Crippen molar-refractivity contribution in [3.8, 4) is 5.75 Å². The molecule has 0 saturated carbocycles. The Morgan fingerprint density at radius 1 is 0.917 bits per heavy atom. The van der Waals surface area contributed by atoms with E-state index in [1.165, 1.54) is 52.8 Å². The van der Waals surface area contributed by atoms with Gasteiger partial charge < -0.3 is 4.74 Å². The fourth-order valence-electron chi connectivity index (χ4n) is 3.39. The molecule has 0 aliphatic rings. The van der Waals surface area contributed by atoms with Crippen LogP contribution in [0.5, 0.6) is 5.75 Å². The maximum absolute atomic E-state index is 6.44. The molecule has 1 heteroatoms. The first kappa shape index (κ1) is 16.8. The van der Waals surface area contributed by atoms with Crippen LogP contribution in [-0.4, -0.2) is 6.61 Å². The third-order valence-corrected chi connectivity index (χ3v) is 4.98. The molecule has 126 valence electrons. The second kappa shape index (κ2) is 7.70. The Hall–Kier alpha value is -2.02. The van der Waals surface area contributed by atoms with Gasteiger partial charge in [-0.05, 0) is 42.2 Å². The minimum atomic E-state index is 0.642. The molecular formula is C23H28O. The molecule has 0 bridgehead atoms. The summed E-state index contributed by atoms with van der Waals surface area (Å²) in [5.74, 6) is 1.70. The quantitative estimate of drug-likeness (QED) is 0.430. The van der Waals surface area contributed by atoms with E-state index in [9.17, 15) is 0 Å². The molecule has 0 aliphatic heterocycles. The van der Waals surface area contributed by atoms with E-state index in [1.54, 1.807) is 0 Å². The van der Waals surface area contributed by atoms with Crippen molar-refractivity contribution in [2.45, 2.75) is 46.5 Å². The number of unbranched alkanes of at least 4 members (excludes halogenated alkanes) is 1. The highest BCUT2D eigenvalue weighted by Gasteiger charge is 2.12. The van der Waals surface area contributed by atoms with E-state index in [1.807, 2.05) is 0 Å². The minimum absolute atomic E-state index is 0.642. The Balaban J connectivity index is 2.01. The Kier molecular flexibility index (Phi) is 5.40. The molecule has 0 saturated heterocycles. The number of hydrogen-bond acceptors (Lipinski definition) is 1. The summed E-state index contributed by atoms with van der Waals surface area (Å²) in [7, 11) is 0. The number of fused-ring (bicyclic) bond motifs is 2. The van der Waals surface area contributed by atoms with Gasteiger partial charge in [-0.25, -0.2) is 0 Å². The molecule has 0 radical (unpaired) electrons. The SMILES string of the molecule is CCCCC(CC)COc1c2ccccc2cc2ccc(C)cc12. The van der Waals surface area contributed by atoms with Crippen molar-refractivity contribution in [2.24, 2.45) is 5.92 Å². The van der Waals surface area contributed by atoms with Crippen LogP contribution in [-0.2, 0) is 0 Å². The molecule has 0 N–H and O–H groups in total. The lowest BCUT2D eigenvalue weighted by atomic mass is 9.99. The molecule has 0 aromatic heterocycles. The molecular weight excluding hydrogens is 292 g/mol. The first-order valence-corrected chi connectivity index (χ1v) is 9.27. The van der Waals surface area contributed by atoms with Crippen LogP contribution in [0.3, 0.4) is 0 Å². The Morgan fingerprint density at radius 3 is 2.50 bits per heavy atom. The van der Waals surface area contributed by atoms with Gasteiger partial charge in [-0.2, -0.15) is 0 Å². The summed E-state index contributed by atoms with van der Waals surface area (Å²) < 4.78 is 6.44. The van der Waals surface area contributed by atoms with Crippen LogP contribution in [0.1, 0.15) is 45.1 Å². The minimum Gasteiger partial charge on any atom is -0.492 e. The van der Waals surface area contributed by atoms with Crippen LogP contribution in [0.25, 0.3) is 21.5 Å². The van der Waals surface area contributed by atoms with Gasteiger partial charge in [0.15, 0.2) is 0 Å². The van der Waals surface area contributed by atoms with Gasteiger partial charge in [-0.3, -0.25) is 0 Å². The number of rotatable bonds is 7. The van der Waals surface area contributed by atoms with Gasteiger partial charge in [0, 0.05) is 10.8 Å². The van der Waals surface area contributed by atoms with Gasteiger partial charge in [0.2, 0.25) is 0 Å². The zero-order valence-electron chi connectivity index (χ0n) is 15.1. The average molecular weight is 320 g/mol. The van der Waals surface area contributed by atoms with E-state index in [0.29, 0.717) is 5.92 Å². The summed E-state index contributed by atoms with van der Waals surface area (Å²) in [6.45, 7) is 7.49. The van der Waals surface area contributed by atoms with Crippen LogP contribution in [0.4, 0.5) is 0 Å². The van der Waals surface area contributed by atoms with Crippen LogP contribution in [0.2, 0.25) is 0 Å². The summed E-state index contributed by atoms with van der Waals surface area (Å²) in [5.41, 5.74) is 1.28. The smallest absolute Gasteiger partial charge is 0.134 e. The highest BCUT2D eigenvalue weighted by Crippen LogP contribution is 2.36. The van der Waals surface area contributed by atoms with Crippen LogP contribution < -0.4 is 4.74 Å². The molecule has 0 aliphatic carbocycles. The molecule has 3 rings (SSSR count). The van der Waals surface area contributed by atoms with Crippen molar-refractivity contribution < 1.29 is 4.74 Å². The van der Waals surface area contributed by atoms with Gasteiger partial charge in [-0.15, -0.1) is 0 Å². The molecule has 1 atom stereocenters. The molecule has 0 amide bonds. The largest absolute Gasteiger partial charge is 0.492 e. The molecule has 0 heterocycles. The molecule has 0 fully saturated rings. The molecule has 1 nitrogen and oxygen atoms in total. The van der Waals surface area contributed by atoms with Gasteiger partial charge in [0.25, 0.3) is 0 Å². The fraction of sp³-hybridized carbons (Fsp3) is 0.391. The van der Waals surface area contributed by atoms with Crippen molar-refractivity contribution in [2.75, 3.05) is 6.61 Å². The lowest BCUT2D eigenvalue weighted by Crippen LogP contribution is -2.11. The summed E-state index contributed by atoms with van der Waals surface area (Å²) in [4.78, 5) is 0.